The van der Waals surface area contributed by atoms with E-state index >= 15 is 0 Å². The molecule has 2 aromatic carbocycles. The lowest BCUT2D eigenvalue weighted by atomic mass is 10.1. The Morgan fingerprint density at radius 1 is 1.06 bits per heavy atom. The van der Waals surface area contributed by atoms with E-state index in [1.807, 2.05) is 39.0 Å². The minimum absolute atomic E-state index is 0.00983. The van der Waals surface area contributed by atoms with Crippen LogP contribution in [0.25, 0.3) is 6.08 Å². The van der Waals surface area contributed by atoms with E-state index in [9.17, 15) is 9.59 Å². The third kappa shape index (κ3) is 6.49. The molecule has 0 aliphatic rings. The molecule has 2 amide bonds. The van der Waals surface area contributed by atoms with Crippen molar-refractivity contribution < 1.29 is 23.5 Å². The first-order chi connectivity index (χ1) is 15.9. The first-order valence-electron chi connectivity index (χ1n) is 10.6. The second-order valence-corrected chi connectivity index (χ2v) is 7.68. The first kappa shape index (κ1) is 23.7. The van der Waals surface area contributed by atoms with Crippen molar-refractivity contribution >= 4 is 17.9 Å². The van der Waals surface area contributed by atoms with Gasteiger partial charge in [-0.25, -0.2) is 0 Å². The molecule has 0 aliphatic carbocycles. The second-order valence-electron chi connectivity index (χ2n) is 7.68. The molecule has 0 aliphatic heterocycles. The predicted molar refractivity (Wildman–Crippen MR) is 126 cm³/mol. The highest BCUT2D eigenvalue weighted by Gasteiger charge is 2.17. The van der Waals surface area contributed by atoms with E-state index in [4.69, 9.17) is 13.9 Å². The maximum absolute atomic E-state index is 13.0. The molecule has 7 nitrogen and oxygen atoms in total. The number of amides is 2. The number of aryl methyl sites for hydroxylation is 1. The third-order valence-corrected chi connectivity index (χ3v) is 4.76. The highest BCUT2D eigenvalue weighted by Crippen LogP contribution is 2.29. The zero-order valence-corrected chi connectivity index (χ0v) is 19.2. The quantitative estimate of drug-likeness (QED) is 0.472. The van der Waals surface area contributed by atoms with Gasteiger partial charge in [-0.3, -0.25) is 9.59 Å². The van der Waals surface area contributed by atoms with Crippen LogP contribution in [0.2, 0.25) is 0 Å². The Morgan fingerprint density at radius 3 is 2.52 bits per heavy atom. The standard InChI is InChI=1S/C26H28N2O5/c1-17(2)33-23-12-11-19(14-24(23)31-4)16-27-26(30)22(15-20-9-7-13-32-20)28-25(29)21-10-6-5-8-18(21)3/h5-15,17H,16H2,1-4H3,(H,27,30)(H,28,29)/b22-15-. The average molecular weight is 449 g/mol. The molecule has 3 aromatic rings. The number of carbonyl (C=O) groups excluding carboxylic acids is 2. The number of ether oxygens (including phenoxy) is 2. The summed E-state index contributed by atoms with van der Waals surface area (Å²) in [6.45, 7) is 5.94. The van der Waals surface area contributed by atoms with Crippen LogP contribution in [0.15, 0.2) is 71.0 Å². The fourth-order valence-corrected chi connectivity index (χ4v) is 3.14. The Morgan fingerprint density at radius 2 is 1.85 bits per heavy atom. The summed E-state index contributed by atoms with van der Waals surface area (Å²) in [5.74, 6) is 0.830. The molecular formula is C26H28N2O5. The van der Waals surface area contributed by atoms with Gasteiger partial charge in [0.25, 0.3) is 11.8 Å². The van der Waals surface area contributed by atoms with Gasteiger partial charge in [0.2, 0.25) is 0 Å². The Hall–Kier alpha value is -4.00. The van der Waals surface area contributed by atoms with Crippen LogP contribution in [0, 0.1) is 6.92 Å². The van der Waals surface area contributed by atoms with Gasteiger partial charge < -0.3 is 24.5 Å². The molecule has 0 fully saturated rings. The summed E-state index contributed by atoms with van der Waals surface area (Å²) >= 11 is 0. The number of furan rings is 1. The van der Waals surface area contributed by atoms with Gasteiger partial charge in [-0.2, -0.15) is 0 Å². The van der Waals surface area contributed by atoms with Gasteiger partial charge in [0.1, 0.15) is 11.5 Å². The van der Waals surface area contributed by atoms with Gasteiger partial charge in [-0.15, -0.1) is 0 Å². The number of nitrogens with one attached hydrogen (secondary N) is 2. The molecule has 0 unspecified atom stereocenters. The Kier molecular flexibility index (Phi) is 7.91. The molecule has 1 heterocycles. The van der Waals surface area contributed by atoms with Crippen LogP contribution < -0.4 is 20.1 Å². The lowest BCUT2D eigenvalue weighted by Crippen LogP contribution is -2.34. The molecule has 2 N–H and O–H groups in total. The van der Waals surface area contributed by atoms with E-state index in [0.29, 0.717) is 22.8 Å². The van der Waals surface area contributed by atoms with Crippen molar-refractivity contribution in [2.75, 3.05) is 7.11 Å². The van der Waals surface area contributed by atoms with Crippen LogP contribution in [0.3, 0.4) is 0 Å². The summed E-state index contributed by atoms with van der Waals surface area (Å²) in [6, 6.07) is 16.0. The van der Waals surface area contributed by atoms with Crippen LogP contribution in [-0.4, -0.2) is 25.0 Å². The molecule has 172 valence electrons. The largest absolute Gasteiger partial charge is 0.493 e. The van der Waals surface area contributed by atoms with Crippen molar-refractivity contribution in [2.45, 2.75) is 33.4 Å². The molecule has 0 atom stereocenters. The molecular weight excluding hydrogens is 420 g/mol. The topological polar surface area (TPSA) is 89.8 Å². The van der Waals surface area contributed by atoms with Gasteiger partial charge >= 0.3 is 0 Å². The van der Waals surface area contributed by atoms with Crippen LogP contribution in [0.1, 0.15) is 41.1 Å². The van der Waals surface area contributed by atoms with Crippen LogP contribution in [-0.2, 0) is 11.3 Å². The SMILES string of the molecule is COc1cc(CNC(=O)/C(=C/c2ccco2)NC(=O)c2ccccc2C)ccc1OC(C)C. The van der Waals surface area contributed by atoms with E-state index in [1.165, 1.54) is 12.3 Å². The lowest BCUT2D eigenvalue weighted by Gasteiger charge is -2.15. The van der Waals surface area contributed by atoms with Crippen LogP contribution >= 0.6 is 0 Å². The van der Waals surface area contributed by atoms with Crippen molar-refractivity contribution in [3.05, 3.63) is 89.0 Å². The van der Waals surface area contributed by atoms with Gasteiger partial charge in [0, 0.05) is 18.2 Å². The lowest BCUT2D eigenvalue weighted by molar-refractivity contribution is -0.117. The highest BCUT2D eigenvalue weighted by molar-refractivity contribution is 6.05. The van der Waals surface area contributed by atoms with Crippen molar-refractivity contribution in [2.24, 2.45) is 0 Å². The molecule has 0 radical (unpaired) electrons. The van der Waals surface area contributed by atoms with E-state index in [0.717, 1.165) is 11.1 Å². The van der Waals surface area contributed by atoms with Crippen molar-refractivity contribution in [1.29, 1.82) is 0 Å². The minimum Gasteiger partial charge on any atom is -0.493 e. The molecule has 3 rings (SSSR count). The monoisotopic (exact) mass is 448 g/mol. The number of methoxy groups -OCH3 is 1. The normalized spacial score (nSPS) is 11.2. The Balaban J connectivity index is 1.76. The predicted octanol–water partition coefficient (Wildman–Crippen LogP) is 4.47. The number of hydrogen-bond donors (Lipinski definition) is 2. The molecule has 0 spiro atoms. The van der Waals surface area contributed by atoms with Crippen molar-refractivity contribution in [1.82, 2.24) is 10.6 Å². The van der Waals surface area contributed by atoms with Crippen molar-refractivity contribution in [3.63, 3.8) is 0 Å². The average Bonchev–Trinajstić information content (AvgIpc) is 3.30. The number of benzene rings is 2. The summed E-state index contributed by atoms with van der Waals surface area (Å²) < 4.78 is 16.5. The summed E-state index contributed by atoms with van der Waals surface area (Å²) in [4.78, 5) is 25.8. The zero-order valence-electron chi connectivity index (χ0n) is 19.2. The number of carbonyl (C=O) groups is 2. The summed E-state index contributed by atoms with van der Waals surface area (Å²) in [5.41, 5.74) is 2.19. The Bertz CT molecular complexity index is 1130. The molecule has 0 bridgehead atoms. The highest BCUT2D eigenvalue weighted by atomic mass is 16.5. The first-order valence-corrected chi connectivity index (χ1v) is 10.6. The number of rotatable bonds is 9. The van der Waals surface area contributed by atoms with E-state index in [1.54, 1.807) is 43.5 Å². The van der Waals surface area contributed by atoms with E-state index in [-0.39, 0.29) is 24.3 Å². The van der Waals surface area contributed by atoms with Crippen LogP contribution in [0.4, 0.5) is 0 Å². The fraction of sp³-hybridized carbons (Fsp3) is 0.231. The maximum Gasteiger partial charge on any atom is 0.268 e. The van der Waals surface area contributed by atoms with Crippen LogP contribution in [0.5, 0.6) is 11.5 Å². The second kappa shape index (κ2) is 11.0. The molecule has 33 heavy (non-hydrogen) atoms. The summed E-state index contributed by atoms with van der Waals surface area (Å²) in [6.07, 6.45) is 3.00. The summed E-state index contributed by atoms with van der Waals surface area (Å²) in [7, 11) is 1.57. The van der Waals surface area contributed by atoms with Crippen molar-refractivity contribution in [3.8, 4) is 11.5 Å². The molecule has 0 saturated carbocycles. The van der Waals surface area contributed by atoms with E-state index < -0.39 is 5.91 Å². The van der Waals surface area contributed by atoms with Gasteiger partial charge in [-0.05, 0) is 62.2 Å². The minimum atomic E-state index is -0.449. The Labute approximate surface area is 193 Å². The fourth-order valence-electron chi connectivity index (χ4n) is 3.14. The van der Waals surface area contributed by atoms with Gasteiger partial charge in [-0.1, -0.05) is 24.3 Å². The smallest absolute Gasteiger partial charge is 0.268 e. The zero-order chi connectivity index (χ0) is 23.8. The van der Waals surface area contributed by atoms with Gasteiger partial charge in [0.05, 0.1) is 19.5 Å². The third-order valence-electron chi connectivity index (χ3n) is 4.76. The molecule has 0 saturated heterocycles. The van der Waals surface area contributed by atoms with E-state index in [2.05, 4.69) is 10.6 Å². The maximum atomic E-state index is 13.0. The van der Waals surface area contributed by atoms with Gasteiger partial charge in [0.15, 0.2) is 11.5 Å². The summed E-state index contributed by atoms with van der Waals surface area (Å²) in [5, 5.41) is 5.54. The molecule has 7 heteroatoms. The number of hydrogen-bond acceptors (Lipinski definition) is 5. The molecule has 1 aromatic heterocycles.